The molecule has 0 radical (unpaired) electrons. The number of halogens is 1. The van der Waals surface area contributed by atoms with Gasteiger partial charge in [0.25, 0.3) is 0 Å². The SMILES string of the molecule is Cc1cc(-c2c(C)ncn2C)n(-c2ccc(O)cc2F)n1. The molecular formula is C15H15FN4O. The predicted molar refractivity (Wildman–Crippen MR) is 76.9 cm³/mol. The number of phenolic OH excluding ortho intramolecular Hbond substituents is 1. The van der Waals surface area contributed by atoms with Gasteiger partial charge in [-0.05, 0) is 32.0 Å². The van der Waals surface area contributed by atoms with E-state index in [1.54, 1.807) is 6.33 Å². The van der Waals surface area contributed by atoms with E-state index >= 15 is 0 Å². The third-order valence-corrected chi connectivity index (χ3v) is 3.35. The lowest BCUT2D eigenvalue weighted by atomic mass is 10.2. The number of aromatic nitrogens is 4. The molecule has 3 aromatic rings. The maximum Gasteiger partial charge on any atom is 0.152 e. The minimum absolute atomic E-state index is 0.113. The van der Waals surface area contributed by atoms with E-state index in [0.717, 1.165) is 28.8 Å². The third kappa shape index (κ3) is 2.18. The van der Waals surface area contributed by atoms with E-state index in [2.05, 4.69) is 10.1 Å². The van der Waals surface area contributed by atoms with Crippen LogP contribution in [-0.2, 0) is 7.05 Å². The highest BCUT2D eigenvalue weighted by Gasteiger charge is 2.17. The van der Waals surface area contributed by atoms with E-state index in [4.69, 9.17) is 0 Å². The number of hydrogen-bond acceptors (Lipinski definition) is 3. The highest BCUT2D eigenvalue weighted by molar-refractivity contribution is 5.62. The second-order valence-electron chi connectivity index (χ2n) is 5.01. The van der Waals surface area contributed by atoms with Crippen molar-refractivity contribution in [2.24, 2.45) is 7.05 Å². The fraction of sp³-hybridized carbons (Fsp3) is 0.200. The molecule has 2 aromatic heterocycles. The van der Waals surface area contributed by atoms with Gasteiger partial charge in [-0.15, -0.1) is 0 Å². The minimum atomic E-state index is -0.529. The van der Waals surface area contributed by atoms with Gasteiger partial charge in [-0.3, -0.25) is 0 Å². The van der Waals surface area contributed by atoms with Gasteiger partial charge in [0, 0.05) is 13.1 Å². The lowest BCUT2D eigenvalue weighted by molar-refractivity contribution is 0.468. The summed E-state index contributed by atoms with van der Waals surface area (Å²) in [5.74, 6) is -0.641. The summed E-state index contributed by atoms with van der Waals surface area (Å²) in [6.07, 6.45) is 1.71. The van der Waals surface area contributed by atoms with E-state index in [-0.39, 0.29) is 11.4 Å². The van der Waals surface area contributed by atoms with Crippen LogP contribution < -0.4 is 0 Å². The topological polar surface area (TPSA) is 55.9 Å². The number of nitrogens with zero attached hydrogens (tertiary/aromatic N) is 4. The van der Waals surface area contributed by atoms with Gasteiger partial charge in [0.05, 0.1) is 29.1 Å². The zero-order valence-corrected chi connectivity index (χ0v) is 12.0. The fourth-order valence-corrected chi connectivity index (χ4v) is 2.43. The molecule has 1 aromatic carbocycles. The second-order valence-corrected chi connectivity index (χ2v) is 5.01. The van der Waals surface area contributed by atoms with Crippen molar-refractivity contribution >= 4 is 0 Å². The van der Waals surface area contributed by atoms with Gasteiger partial charge in [-0.2, -0.15) is 5.10 Å². The van der Waals surface area contributed by atoms with Gasteiger partial charge in [0.1, 0.15) is 11.4 Å². The average Bonchev–Trinajstić information content (AvgIpc) is 2.93. The summed E-state index contributed by atoms with van der Waals surface area (Å²) >= 11 is 0. The van der Waals surface area contributed by atoms with Crippen molar-refractivity contribution < 1.29 is 9.50 Å². The monoisotopic (exact) mass is 286 g/mol. The van der Waals surface area contributed by atoms with Gasteiger partial charge >= 0.3 is 0 Å². The first-order chi connectivity index (χ1) is 9.97. The summed E-state index contributed by atoms with van der Waals surface area (Å²) in [5, 5.41) is 13.7. The molecule has 21 heavy (non-hydrogen) atoms. The number of phenols is 1. The Morgan fingerprint density at radius 1 is 1.19 bits per heavy atom. The van der Waals surface area contributed by atoms with Crippen LogP contribution in [0.25, 0.3) is 17.1 Å². The zero-order chi connectivity index (χ0) is 15.1. The van der Waals surface area contributed by atoms with Crippen LogP contribution in [0.1, 0.15) is 11.4 Å². The third-order valence-electron chi connectivity index (χ3n) is 3.35. The molecular weight excluding hydrogens is 271 g/mol. The molecule has 0 unspecified atom stereocenters. The van der Waals surface area contributed by atoms with E-state index < -0.39 is 5.82 Å². The van der Waals surface area contributed by atoms with Gasteiger partial charge in [-0.1, -0.05) is 0 Å². The Bertz CT molecular complexity index is 800. The van der Waals surface area contributed by atoms with Gasteiger partial charge < -0.3 is 9.67 Å². The first-order valence-corrected chi connectivity index (χ1v) is 6.51. The van der Waals surface area contributed by atoms with E-state index in [1.165, 1.54) is 16.8 Å². The molecule has 0 atom stereocenters. The van der Waals surface area contributed by atoms with Gasteiger partial charge in [0.15, 0.2) is 5.82 Å². The summed E-state index contributed by atoms with van der Waals surface area (Å²) in [7, 11) is 1.88. The van der Waals surface area contributed by atoms with E-state index in [9.17, 15) is 9.50 Å². The standard InChI is InChI=1S/C15H15FN4O/c1-9-6-14(15-10(2)17-8-19(15)3)20(18-9)13-5-4-11(21)7-12(13)16/h4-8,21H,1-3H3. The first kappa shape index (κ1) is 13.4. The Labute approximate surface area is 121 Å². The number of hydrogen-bond donors (Lipinski definition) is 1. The van der Waals surface area contributed by atoms with Crippen LogP contribution >= 0.6 is 0 Å². The maximum atomic E-state index is 14.1. The summed E-state index contributed by atoms with van der Waals surface area (Å²) in [4.78, 5) is 4.26. The van der Waals surface area contributed by atoms with E-state index in [1.807, 2.05) is 31.5 Å². The Kier molecular flexibility index (Phi) is 3.01. The molecule has 0 spiro atoms. The van der Waals surface area contributed by atoms with Crippen molar-refractivity contribution in [3.8, 4) is 22.8 Å². The Morgan fingerprint density at radius 3 is 2.57 bits per heavy atom. The fourth-order valence-electron chi connectivity index (χ4n) is 2.43. The average molecular weight is 286 g/mol. The molecule has 2 heterocycles. The molecule has 0 fully saturated rings. The lowest BCUT2D eigenvalue weighted by Crippen LogP contribution is -2.04. The largest absolute Gasteiger partial charge is 0.508 e. The molecule has 0 saturated carbocycles. The number of rotatable bonds is 2. The second kappa shape index (κ2) is 4.73. The van der Waals surface area contributed by atoms with E-state index in [0.29, 0.717) is 0 Å². The molecule has 0 aliphatic rings. The molecule has 0 aliphatic carbocycles. The molecule has 0 bridgehead atoms. The molecule has 108 valence electrons. The quantitative estimate of drug-likeness (QED) is 0.788. The predicted octanol–water partition coefficient (Wildman–Crippen LogP) is 2.73. The van der Waals surface area contributed by atoms with Crippen LogP contribution in [0.5, 0.6) is 5.75 Å². The summed E-state index contributed by atoms with van der Waals surface area (Å²) in [6.45, 7) is 3.75. The highest BCUT2D eigenvalue weighted by Crippen LogP contribution is 2.28. The molecule has 0 amide bonds. The van der Waals surface area contributed by atoms with Crippen molar-refractivity contribution in [1.82, 2.24) is 19.3 Å². The van der Waals surface area contributed by atoms with Gasteiger partial charge in [-0.25, -0.2) is 14.1 Å². The molecule has 1 N–H and O–H groups in total. The van der Waals surface area contributed by atoms with Crippen molar-refractivity contribution in [2.75, 3.05) is 0 Å². The summed E-state index contributed by atoms with van der Waals surface area (Å²) < 4.78 is 17.5. The number of benzene rings is 1. The summed E-state index contributed by atoms with van der Waals surface area (Å²) in [6, 6.07) is 5.91. The van der Waals surface area contributed by atoms with Crippen molar-refractivity contribution in [3.63, 3.8) is 0 Å². The van der Waals surface area contributed by atoms with Crippen LogP contribution in [0.15, 0.2) is 30.6 Å². The van der Waals surface area contributed by atoms with Crippen LogP contribution in [0.3, 0.4) is 0 Å². The number of imidazole rings is 1. The molecule has 5 nitrogen and oxygen atoms in total. The van der Waals surface area contributed by atoms with Crippen LogP contribution in [0, 0.1) is 19.7 Å². The maximum absolute atomic E-state index is 14.1. The van der Waals surface area contributed by atoms with Crippen molar-refractivity contribution in [3.05, 3.63) is 47.8 Å². The Balaban J connectivity index is 2.26. The van der Waals surface area contributed by atoms with Gasteiger partial charge in [0.2, 0.25) is 0 Å². The van der Waals surface area contributed by atoms with Crippen LogP contribution in [-0.4, -0.2) is 24.4 Å². The molecule has 0 saturated heterocycles. The normalized spacial score (nSPS) is 11.0. The summed E-state index contributed by atoms with van der Waals surface area (Å²) in [5.41, 5.74) is 3.55. The van der Waals surface area contributed by atoms with Crippen molar-refractivity contribution in [2.45, 2.75) is 13.8 Å². The Morgan fingerprint density at radius 2 is 1.95 bits per heavy atom. The molecule has 6 heteroatoms. The molecule has 0 aliphatic heterocycles. The highest BCUT2D eigenvalue weighted by atomic mass is 19.1. The number of aryl methyl sites for hydroxylation is 3. The van der Waals surface area contributed by atoms with Crippen LogP contribution in [0.2, 0.25) is 0 Å². The molecule has 3 rings (SSSR count). The zero-order valence-electron chi connectivity index (χ0n) is 12.0. The van der Waals surface area contributed by atoms with Crippen molar-refractivity contribution in [1.29, 1.82) is 0 Å². The smallest absolute Gasteiger partial charge is 0.152 e. The lowest BCUT2D eigenvalue weighted by Gasteiger charge is -2.10. The number of aromatic hydroxyl groups is 1. The first-order valence-electron chi connectivity index (χ1n) is 6.51. The minimum Gasteiger partial charge on any atom is -0.508 e. The Hall–Kier alpha value is -2.63. The van der Waals surface area contributed by atoms with Crippen LogP contribution in [0.4, 0.5) is 4.39 Å².